The summed E-state index contributed by atoms with van der Waals surface area (Å²) in [6.45, 7) is 1.12. The third kappa shape index (κ3) is 3.17. The van der Waals surface area contributed by atoms with Crippen LogP contribution in [0.15, 0.2) is 42.7 Å². The van der Waals surface area contributed by atoms with Gasteiger partial charge in [-0.05, 0) is 51.2 Å². The van der Waals surface area contributed by atoms with Crippen LogP contribution in [-0.4, -0.2) is 35.3 Å². The molecule has 0 saturated heterocycles. The van der Waals surface area contributed by atoms with Crippen LogP contribution in [0.3, 0.4) is 0 Å². The van der Waals surface area contributed by atoms with Gasteiger partial charge in [0.25, 0.3) is 0 Å². The third-order valence-electron chi connectivity index (χ3n) is 2.79. The Hall–Kier alpha value is -1.61. The van der Waals surface area contributed by atoms with Crippen LogP contribution in [0.4, 0.5) is 0 Å². The lowest BCUT2D eigenvalue weighted by molar-refractivity contribution is 0.400. The van der Waals surface area contributed by atoms with Gasteiger partial charge in [-0.3, -0.25) is 0 Å². The summed E-state index contributed by atoms with van der Waals surface area (Å²) in [6.07, 6.45) is 6.07. The molecule has 0 spiro atoms. The van der Waals surface area contributed by atoms with E-state index in [0.29, 0.717) is 0 Å². The third-order valence-corrected chi connectivity index (χ3v) is 2.79. The lowest BCUT2D eigenvalue weighted by Gasteiger charge is -2.12. The molecule has 0 unspecified atom stereocenters. The van der Waals surface area contributed by atoms with Crippen LogP contribution in [0.5, 0.6) is 0 Å². The Morgan fingerprint density at radius 1 is 1.18 bits per heavy atom. The van der Waals surface area contributed by atoms with Crippen LogP contribution < -0.4 is 0 Å². The van der Waals surface area contributed by atoms with E-state index >= 15 is 0 Å². The maximum atomic E-state index is 4.30. The quantitative estimate of drug-likeness (QED) is 0.785. The highest BCUT2D eigenvalue weighted by atomic mass is 15.3. The van der Waals surface area contributed by atoms with Gasteiger partial charge in [-0.25, -0.2) is 4.68 Å². The molecule has 90 valence electrons. The summed E-state index contributed by atoms with van der Waals surface area (Å²) in [5, 5.41) is 4.30. The molecule has 2 aromatic rings. The van der Waals surface area contributed by atoms with E-state index in [2.05, 4.69) is 48.4 Å². The van der Waals surface area contributed by atoms with E-state index in [-0.39, 0.29) is 0 Å². The molecule has 1 aromatic heterocycles. The van der Waals surface area contributed by atoms with Gasteiger partial charge in [0, 0.05) is 12.4 Å². The molecule has 0 saturated carbocycles. The monoisotopic (exact) mass is 229 g/mol. The van der Waals surface area contributed by atoms with Crippen molar-refractivity contribution in [2.75, 3.05) is 20.6 Å². The zero-order chi connectivity index (χ0) is 12.1. The SMILES string of the molecule is CN(C)CCCc1ccccc1-n1cccn1. The van der Waals surface area contributed by atoms with E-state index in [1.807, 2.05) is 23.1 Å². The van der Waals surface area contributed by atoms with Gasteiger partial charge in [0.15, 0.2) is 0 Å². The zero-order valence-corrected chi connectivity index (χ0v) is 10.5. The van der Waals surface area contributed by atoms with E-state index in [9.17, 15) is 0 Å². The van der Waals surface area contributed by atoms with E-state index < -0.39 is 0 Å². The number of hydrogen-bond acceptors (Lipinski definition) is 2. The van der Waals surface area contributed by atoms with Gasteiger partial charge in [0.1, 0.15) is 0 Å². The van der Waals surface area contributed by atoms with Gasteiger partial charge >= 0.3 is 0 Å². The lowest BCUT2D eigenvalue weighted by Crippen LogP contribution is -2.14. The molecule has 0 aliphatic carbocycles. The molecule has 3 heteroatoms. The van der Waals surface area contributed by atoms with Crippen LogP contribution in [0.25, 0.3) is 5.69 Å². The van der Waals surface area contributed by atoms with Crippen LogP contribution in [0.1, 0.15) is 12.0 Å². The highest BCUT2D eigenvalue weighted by Gasteiger charge is 2.03. The first kappa shape index (κ1) is 11.9. The standard InChI is InChI=1S/C14H19N3/c1-16(2)11-5-8-13-7-3-4-9-14(13)17-12-6-10-15-17/h3-4,6-7,9-10,12H,5,8,11H2,1-2H3. The first-order valence-electron chi connectivity index (χ1n) is 6.00. The number of nitrogens with zero attached hydrogens (tertiary/aromatic N) is 3. The van der Waals surface area contributed by atoms with Gasteiger partial charge < -0.3 is 4.90 Å². The summed E-state index contributed by atoms with van der Waals surface area (Å²) in [5.41, 5.74) is 2.55. The second-order valence-corrected chi connectivity index (χ2v) is 4.49. The Labute approximate surface area is 103 Å². The maximum Gasteiger partial charge on any atom is 0.0677 e. The average molecular weight is 229 g/mol. The summed E-state index contributed by atoms with van der Waals surface area (Å²) < 4.78 is 1.94. The topological polar surface area (TPSA) is 21.1 Å². The fourth-order valence-corrected chi connectivity index (χ4v) is 1.94. The number of para-hydroxylation sites is 1. The van der Waals surface area contributed by atoms with Crippen molar-refractivity contribution in [3.05, 3.63) is 48.3 Å². The molecular formula is C14H19N3. The second-order valence-electron chi connectivity index (χ2n) is 4.49. The molecule has 1 aromatic carbocycles. The lowest BCUT2D eigenvalue weighted by atomic mass is 10.1. The van der Waals surface area contributed by atoms with Gasteiger partial charge in [0.2, 0.25) is 0 Å². The minimum atomic E-state index is 1.09. The molecule has 0 atom stereocenters. The fourth-order valence-electron chi connectivity index (χ4n) is 1.94. The van der Waals surface area contributed by atoms with E-state index in [1.165, 1.54) is 17.7 Å². The second kappa shape index (κ2) is 5.64. The molecule has 0 aliphatic rings. The highest BCUT2D eigenvalue weighted by molar-refractivity contribution is 5.40. The van der Waals surface area contributed by atoms with Gasteiger partial charge in [-0.1, -0.05) is 18.2 Å². The highest BCUT2D eigenvalue weighted by Crippen LogP contribution is 2.15. The Morgan fingerprint density at radius 2 is 2.00 bits per heavy atom. The number of hydrogen-bond donors (Lipinski definition) is 0. The van der Waals surface area contributed by atoms with Crippen LogP contribution in [-0.2, 0) is 6.42 Å². The molecule has 2 rings (SSSR count). The van der Waals surface area contributed by atoms with E-state index in [4.69, 9.17) is 0 Å². The maximum absolute atomic E-state index is 4.30. The van der Waals surface area contributed by atoms with Crippen LogP contribution in [0, 0.1) is 0 Å². The predicted molar refractivity (Wildman–Crippen MR) is 70.4 cm³/mol. The molecule has 0 aliphatic heterocycles. The molecule has 3 nitrogen and oxygen atoms in total. The number of benzene rings is 1. The smallest absolute Gasteiger partial charge is 0.0677 e. The van der Waals surface area contributed by atoms with Crippen LogP contribution >= 0.6 is 0 Å². The zero-order valence-electron chi connectivity index (χ0n) is 10.5. The summed E-state index contributed by atoms with van der Waals surface area (Å²) in [5.74, 6) is 0. The molecule has 0 amide bonds. The number of aryl methyl sites for hydroxylation is 1. The summed E-state index contributed by atoms with van der Waals surface area (Å²) >= 11 is 0. The fraction of sp³-hybridized carbons (Fsp3) is 0.357. The normalized spacial score (nSPS) is 11.0. The van der Waals surface area contributed by atoms with Gasteiger partial charge in [-0.2, -0.15) is 5.10 Å². The van der Waals surface area contributed by atoms with Crippen molar-refractivity contribution in [3.8, 4) is 5.69 Å². The van der Waals surface area contributed by atoms with Gasteiger partial charge in [-0.15, -0.1) is 0 Å². The largest absolute Gasteiger partial charge is 0.309 e. The molecular weight excluding hydrogens is 210 g/mol. The first-order chi connectivity index (χ1) is 8.27. The molecule has 0 radical (unpaired) electrons. The van der Waals surface area contributed by atoms with Crippen molar-refractivity contribution < 1.29 is 0 Å². The number of aromatic nitrogens is 2. The summed E-state index contributed by atoms with van der Waals surface area (Å²) in [6, 6.07) is 10.4. The minimum Gasteiger partial charge on any atom is -0.309 e. The van der Waals surface area contributed by atoms with Crippen molar-refractivity contribution >= 4 is 0 Å². The predicted octanol–water partition coefficient (Wildman–Crippen LogP) is 2.37. The van der Waals surface area contributed by atoms with Crippen molar-refractivity contribution in [2.24, 2.45) is 0 Å². The first-order valence-corrected chi connectivity index (χ1v) is 6.00. The van der Waals surface area contributed by atoms with Crippen molar-refractivity contribution in [1.82, 2.24) is 14.7 Å². The van der Waals surface area contributed by atoms with E-state index in [1.54, 1.807) is 0 Å². The van der Waals surface area contributed by atoms with Crippen molar-refractivity contribution in [3.63, 3.8) is 0 Å². The Morgan fingerprint density at radius 3 is 2.71 bits per heavy atom. The number of rotatable bonds is 5. The molecule has 1 heterocycles. The van der Waals surface area contributed by atoms with Crippen LogP contribution in [0.2, 0.25) is 0 Å². The van der Waals surface area contributed by atoms with Crippen molar-refractivity contribution in [2.45, 2.75) is 12.8 Å². The Kier molecular flexibility index (Phi) is 3.94. The Bertz CT molecular complexity index is 446. The van der Waals surface area contributed by atoms with E-state index in [0.717, 1.165) is 13.0 Å². The summed E-state index contributed by atoms with van der Waals surface area (Å²) in [4.78, 5) is 2.22. The Balaban J connectivity index is 2.11. The average Bonchev–Trinajstić information content (AvgIpc) is 2.82. The molecule has 17 heavy (non-hydrogen) atoms. The molecule has 0 bridgehead atoms. The van der Waals surface area contributed by atoms with Gasteiger partial charge in [0.05, 0.1) is 5.69 Å². The van der Waals surface area contributed by atoms with Crippen molar-refractivity contribution in [1.29, 1.82) is 0 Å². The molecule has 0 N–H and O–H groups in total. The minimum absolute atomic E-state index is 1.09. The molecule has 0 fully saturated rings. The summed E-state index contributed by atoms with van der Waals surface area (Å²) in [7, 11) is 4.22.